The van der Waals surface area contributed by atoms with Gasteiger partial charge in [0.1, 0.15) is 17.1 Å². The number of carbonyl (C=O) groups excluding carboxylic acids is 1. The highest BCUT2D eigenvalue weighted by Crippen LogP contribution is 2.35. The van der Waals surface area contributed by atoms with Crippen LogP contribution in [0.3, 0.4) is 0 Å². The van der Waals surface area contributed by atoms with Gasteiger partial charge in [-0.1, -0.05) is 23.5 Å². The summed E-state index contributed by atoms with van der Waals surface area (Å²) < 4.78 is 13.2. The first kappa shape index (κ1) is 17.5. The van der Waals surface area contributed by atoms with Crippen molar-refractivity contribution in [2.24, 2.45) is 0 Å². The molecule has 3 aromatic rings. The monoisotopic (exact) mass is 385 g/mol. The van der Waals surface area contributed by atoms with Crippen molar-refractivity contribution in [3.63, 3.8) is 0 Å². The maximum absolute atomic E-state index is 13.2. The average molecular weight is 385 g/mol. The van der Waals surface area contributed by atoms with Gasteiger partial charge in [-0.15, -0.1) is 10.2 Å². The number of carbonyl (C=O) groups is 1. The van der Waals surface area contributed by atoms with E-state index in [-0.39, 0.29) is 17.8 Å². The third-order valence-corrected chi connectivity index (χ3v) is 5.03. The molecule has 0 unspecified atom stereocenters. The first-order valence-corrected chi connectivity index (χ1v) is 9.22. The Morgan fingerprint density at radius 1 is 1.26 bits per heavy atom. The number of hydrogen-bond donors (Lipinski definition) is 2. The Labute approximate surface area is 158 Å². The summed E-state index contributed by atoms with van der Waals surface area (Å²) in [4.78, 5) is 18.6. The molecule has 0 radical (unpaired) electrons. The Morgan fingerprint density at radius 3 is 2.74 bits per heavy atom. The fourth-order valence-electron chi connectivity index (χ4n) is 3.16. The molecule has 1 aliphatic heterocycles. The van der Waals surface area contributed by atoms with E-state index in [2.05, 4.69) is 20.5 Å². The lowest BCUT2D eigenvalue weighted by atomic mass is 10.0. The second-order valence-corrected chi connectivity index (χ2v) is 7.05. The van der Waals surface area contributed by atoms with Gasteiger partial charge in [0.05, 0.1) is 17.7 Å². The van der Waals surface area contributed by atoms with Crippen LogP contribution in [0.2, 0.25) is 0 Å². The molecule has 1 aliphatic rings. The van der Waals surface area contributed by atoms with Crippen molar-refractivity contribution in [2.75, 3.05) is 16.8 Å². The van der Waals surface area contributed by atoms with Crippen LogP contribution in [0.5, 0.6) is 0 Å². The second-order valence-electron chi connectivity index (χ2n) is 6.21. The zero-order valence-corrected chi connectivity index (χ0v) is 14.9. The number of aromatic nitrogens is 3. The number of anilines is 2. The van der Waals surface area contributed by atoms with E-state index >= 15 is 0 Å². The fraction of sp³-hybridized carbons (Fsp3) is 0.222. The number of nitrogens with one attached hydrogen (secondary N) is 1. The van der Waals surface area contributed by atoms with E-state index in [1.165, 1.54) is 35.2 Å². The molecule has 0 spiro atoms. The van der Waals surface area contributed by atoms with Gasteiger partial charge in [0.2, 0.25) is 5.13 Å². The van der Waals surface area contributed by atoms with Gasteiger partial charge in [-0.3, -0.25) is 10.1 Å². The largest absolute Gasteiger partial charge is 0.391 e. The lowest BCUT2D eigenvalue weighted by Gasteiger charge is -2.25. The Balaban J connectivity index is 1.53. The summed E-state index contributed by atoms with van der Waals surface area (Å²) in [5.74, 6) is 0.0310. The topological polar surface area (TPSA) is 91.2 Å². The van der Waals surface area contributed by atoms with Crippen LogP contribution in [0.15, 0.2) is 48.1 Å². The first-order valence-electron chi connectivity index (χ1n) is 8.34. The minimum Gasteiger partial charge on any atom is -0.391 e. The normalized spacial score (nSPS) is 19.3. The quantitative estimate of drug-likeness (QED) is 0.717. The average Bonchev–Trinajstić information content (AvgIpc) is 3.32. The smallest absolute Gasteiger partial charge is 0.259 e. The molecule has 27 heavy (non-hydrogen) atoms. The van der Waals surface area contributed by atoms with Crippen LogP contribution in [-0.4, -0.2) is 38.8 Å². The molecule has 138 valence electrons. The molecule has 2 atom stereocenters. The second kappa shape index (κ2) is 7.37. The molecule has 9 heteroatoms. The molecular weight excluding hydrogens is 369 g/mol. The van der Waals surface area contributed by atoms with Crippen LogP contribution >= 0.6 is 11.3 Å². The van der Waals surface area contributed by atoms with Gasteiger partial charge >= 0.3 is 0 Å². The van der Waals surface area contributed by atoms with Gasteiger partial charge in [0.25, 0.3) is 5.91 Å². The van der Waals surface area contributed by atoms with Crippen molar-refractivity contribution < 1.29 is 14.3 Å². The summed E-state index contributed by atoms with van der Waals surface area (Å²) >= 11 is 1.23. The Kier molecular flexibility index (Phi) is 4.78. The number of amides is 1. The summed E-state index contributed by atoms with van der Waals surface area (Å²) in [5, 5.41) is 20.6. The van der Waals surface area contributed by atoms with E-state index in [4.69, 9.17) is 0 Å². The van der Waals surface area contributed by atoms with Gasteiger partial charge in [-0.05, 0) is 36.2 Å². The third-order valence-electron chi connectivity index (χ3n) is 4.42. The summed E-state index contributed by atoms with van der Waals surface area (Å²) in [7, 11) is 0. The van der Waals surface area contributed by atoms with E-state index < -0.39 is 6.10 Å². The molecule has 2 N–H and O–H groups in total. The molecule has 4 rings (SSSR count). The number of nitrogens with zero attached hydrogens (tertiary/aromatic N) is 4. The molecule has 1 fully saturated rings. The Bertz CT molecular complexity index is 918. The maximum atomic E-state index is 13.2. The van der Waals surface area contributed by atoms with Crippen LogP contribution < -0.4 is 10.2 Å². The predicted molar refractivity (Wildman–Crippen MR) is 99.2 cm³/mol. The minimum absolute atomic E-state index is 0.103. The Morgan fingerprint density at radius 2 is 2.07 bits per heavy atom. The van der Waals surface area contributed by atoms with E-state index in [1.807, 2.05) is 4.90 Å². The van der Waals surface area contributed by atoms with E-state index in [1.54, 1.807) is 24.3 Å². The van der Waals surface area contributed by atoms with Crippen LogP contribution in [-0.2, 0) is 0 Å². The zero-order valence-electron chi connectivity index (χ0n) is 14.1. The van der Waals surface area contributed by atoms with Gasteiger partial charge in [0.15, 0.2) is 0 Å². The van der Waals surface area contributed by atoms with Crippen molar-refractivity contribution in [3.8, 4) is 0 Å². The fourth-order valence-corrected chi connectivity index (χ4v) is 3.60. The molecule has 1 aromatic carbocycles. The van der Waals surface area contributed by atoms with E-state index in [9.17, 15) is 14.3 Å². The van der Waals surface area contributed by atoms with Crippen LogP contribution in [0.25, 0.3) is 0 Å². The Hall–Kier alpha value is -2.91. The highest BCUT2D eigenvalue weighted by atomic mass is 32.1. The molecule has 0 saturated carbocycles. The highest BCUT2D eigenvalue weighted by molar-refractivity contribution is 7.13. The summed E-state index contributed by atoms with van der Waals surface area (Å²) in [6, 6.07) is 9.56. The standard InChI is InChI=1S/C18H16FN5O2S/c19-13-4-1-11(2-5-13)15-7-14(25)9-24(15)16-6-3-12(8-20-16)17(26)22-18-23-21-10-27-18/h1-6,8,10,14-15,25H,7,9H2,(H,22,23,26)/t14-,15+/m0/s1. The number of aliphatic hydroxyl groups excluding tert-OH is 1. The van der Waals surface area contributed by atoms with E-state index in [0.717, 1.165) is 5.56 Å². The highest BCUT2D eigenvalue weighted by Gasteiger charge is 2.33. The number of benzene rings is 1. The molecule has 1 amide bonds. The molecule has 0 aliphatic carbocycles. The van der Waals surface area contributed by atoms with Crippen molar-refractivity contribution in [1.29, 1.82) is 0 Å². The minimum atomic E-state index is -0.498. The predicted octanol–water partition coefficient (Wildman–Crippen LogP) is 2.64. The summed E-state index contributed by atoms with van der Waals surface area (Å²) in [6.07, 6.45) is 1.52. The lowest BCUT2D eigenvalue weighted by Crippen LogP contribution is -2.25. The van der Waals surface area contributed by atoms with Crippen molar-refractivity contribution >= 4 is 28.2 Å². The molecule has 0 bridgehead atoms. The van der Waals surface area contributed by atoms with Crippen molar-refractivity contribution in [3.05, 3.63) is 65.0 Å². The summed E-state index contributed by atoms with van der Waals surface area (Å²) in [6.45, 7) is 0.422. The van der Waals surface area contributed by atoms with Crippen LogP contribution in [0.1, 0.15) is 28.4 Å². The van der Waals surface area contributed by atoms with Gasteiger partial charge in [-0.2, -0.15) is 0 Å². The number of aliphatic hydroxyl groups is 1. The molecular formula is C18H16FN5O2S. The van der Waals surface area contributed by atoms with Crippen molar-refractivity contribution in [1.82, 2.24) is 15.2 Å². The molecule has 2 aromatic heterocycles. The van der Waals surface area contributed by atoms with Gasteiger partial charge < -0.3 is 10.0 Å². The lowest BCUT2D eigenvalue weighted by molar-refractivity contribution is 0.102. The number of rotatable bonds is 4. The number of halogens is 1. The SMILES string of the molecule is O=C(Nc1nncs1)c1ccc(N2C[C@@H](O)C[C@@H]2c2ccc(F)cc2)nc1. The number of hydrogen-bond acceptors (Lipinski definition) is 7. The molecule has 7 nitrogen and oxygen atoms in total. The third kappa shape index (κ3) is 3.79. The van der Waals surface area contributed by atoms with Gasteiger partial charge in [0, 0.05) is 12.7 Å². The number of β-amino-alcohol motifs (C(OH)–C–C–N with tert-alkyl or cyclic N) is 1. The zero-order chi connectivity index (χ0) is 18.8. The van der Waals surface area contributed by atoms with Crippen LogP contribution in [0, 0.1) is 5.82 Å². The maximum Gasteiger partial charge on any atom is 0.259 e. The van der Waals surface area contributed by atoms with Crippen LogP contribution in [0.4, 0.5) is 15.3 Å². The number of pyridine rings is 1. The summed E-state index contributed by atoms with van der Waals surface area (Å²) in [5.41, 5.74) is 2.84. The van der Waals surface area contributed by atoms with Crippen molar-refractivity contribution in [2.45, 2.75) is 18.6 Å². The molecule has 1 saturated heterocycles. The molecule has 3 heterocycles. The van der Waals surface area contributed by atoms with Gasteiger partial charge in [-0.25, -0.2) is 9.37 Å². The van der Waals surface area contributed by atoms with E-state index in [0.29, 0.717) is 29.5 Å². The first-order chi connectivity index (χ1) is 13.1.